The van der Waals surface area contributed by atoms with Crippen LogP contribution < -0.4 is 15.4 Å². The molecule has 0 bridgehead atoms. The topological polar surface area (TPSA) is 53.6 Å². The van der Waals surface area contributed by atoms with Gasteiger partial charge >= 0.3 is 6.03 Å². The molecule has 0 spiro atoms. The highest BCUT2D eigenvalue weighted by Crippen LogP contribution is 2.33. The van der Waals surface area contributed by atoms with Gasteiger partial charge in [0.1, 0.15) is 5.75 Å². The number of hydrogen-bond acceptors (Lipinski definition) is 3. The number of para-hydroxylation sites is 1. The molecule has 0 aliphatic carbocycles. The average Bonchev–Trinajstić information content (AvgIpc) is 2.67. The SMILES string of the molecule is Cc1cccc2c1OCCCC2NCCNC(=O)N(C)C. The summed E-state index contributed by atoms with van der Waals surface area (Å²) in [7, 11) is 3.48. The molecule has 5 heteroatoms. The molecule has 5 nitrogen and oxygen atoms in total. The summed E-state index contributed by atoms with van der Waals surface area (Å²) in [6.07, 6.45) is 2.09. The molecule has 1 atom stereocenters. The summed E-state index contributed by atoms with van der Waals surface area (Å²) in [6.45, 7) is 4.22. The molecular formula is C16H25N3O2. The maximum Gasteiger partial charge on any atom is 0.316 e. The number of nitrogens with one attached hydrogen (secondary N) is 2. The number of carbonyl (C=O) groups is 1. The zero-order chi connectivity index (χ0) is 15.2. The van der Waals surface area contributed by atoms with Gasteiger partial charge in [0, 0.05) is 38.8 Å². The van der Waals surface area contributed by atoms with Crippen molar-refractivity contribution in [1.29, 1.82) is 0 Å². The first-order valence-electron chi connectivity index (χ1n) is 7.50. The van der Waals surface area contributed by atoms with Crippen LogP contribution in [0.1, 0.15) is 30.0 Å². The zero-order valence-electron chi connectivity index (χ0n) is 13.1. The van der Waals surface area contributed by atoms with Crippen LogP contribution >= 0.6 is 0 Å². The van der Waals surface area contributed by atoms with Gasteiger partial charge < -0.3 is 20.3 Å². The molecule has 1 heterocycles. The number of carbonyl (C=O) groups excluding carboxylic acids is 1. The average molecular weight is 291 g/mol. The summed E-state index contributed by atoms with van der Waals surface area (Å²) in [5.74, 6) is 1.02. The number of ether oxygens (including phenoxy) is 1. The summed E-state index contributed by atoms with van der Waals surface area (Å²) < 4.78 is 5.87. The highest BCUT2D eigenvalue weighted by molar-refractivity contribution is 5.73. The third-order valence-electron chi connectivity index (χ3n) is 3.70. The van der Waals surface area contributed by atoms with Gasteiger partial charge in [0.05, 0.1) is 6.61 Å². The monoisotopic (exact) mass is 291 g/mol. The molecule has 21 heavy (non-hydrogen) atoms. The Morgan fingerprint density at radius 2 is 2.19 bits per heavy atom. The summed E-state index contributed by atoms with van der Waals surface area (Å²) in [5, 5.41) is 6.39. The van der Waals surface area contributed by atoms with Crippen LogP contribution in [-0.4, -0.2) is 44.7 Å². The first-order chi connectivity index (χ1) is 10.1. The molecule has 1 aromatic rings. The fourth-order valence-corrected chi connectivity index (χ4v) is 2.55. The molecule has 1 aliphatic rings. The lowest BCUT2D eigenvalue weighted by molar-refractivity contribution is 0.217. The van der Waals surface area contributed by atoms with Crippen molar-refractivity contribution in [2.45, 2.75) is 25.8 Å². The summed E-state index contributed by atoms with van der Waals surface area (Å²) in [4.78, 5) is 13.0. The number of rotatable bonds is 4. The van der Waals surface area contributed by atoms with Crippen molar-refractivity contribution >= 4 is 6.03 Å². The van der Waals surface area contributed by atoms with Crippen LogP contribution in [0.3, 0.4) is 0 Å². The highest BCUT2D eigenvalue weighted by atomic mass is 16.5. The molecular weight excluding hydrogens is 266 g/mol. The van der Waals surface area contributed by atoms with Crippen LogP contribution in [0.25, 0.3) is 0 Å². The van der Waals surface area contributed by atoms with Crippen LogP contribution in [0.4, 0.5) is 4.79 Å². The second-order valence-electron chi connectivity index (χ2n) is 5.62. The van der Waals surface area contributed by atoms with Gasteiger partial charge in [-0.05, 0) is 25.3 Å². The van der Waals surface area contributed by atoms with Gasteiger partial charge in [-0.3, -0.25) is 0 Å². The van der Waals surface area contributed by atoms with Gasteiger partial charge in [0.15, 0.2) is 0 Å². The first-order valence-corrected chi connectivity index (χ1v) is 7.50. The molecule has 0 aromatic heterocycles. The van der Waals surface area contributed by atoms with E-state index in [0.29, 0.717) is 12.6 Å². The highest BCUT2D eigenvalue weighted by Gasteiger charge is 2.20. The van der Waals surface area contributed by atoms with Gasteiger partial charge in [0.2, 0.25) is 0 Å². The van der Waals surface area contributed by atoms with E-state index >= 15 is 0 Å². The fraction of sp³-hybridized carbons (Fsp3) is 0.562. The smallest absolute Gasteiger partial charge is 0.316 e. The molecule has 2 N–H and O–H groups in total. The number of benzene rings is 1. The third kappa shape index (κ3) is 4.11. The Hall–Kier alpha value is -1.75. The third-order valence-corrected chi connectivity index (χ3v) is 3.70. The number of aryl methyl sites for hydroxylation is 1. The van der Waals surface area contributed by atoms with Crippen LogP contribution in [0, 0.1) is 6.92 Å². The molecule has 1 unspecified atom stereocenters. The Bertz CT molecular complexity index is 488. The van der Waals surface area contributed by atoms with E-state index in [9.17, 15) is 4.79 Å². The zero-order valence-corrected chi connectivity index (χ0v) is 13.1. The summed E-state index contributed by atoms with van der Waals surface area (Å²) >= 11 is 0. The molecule has 1 aromatic carbocycles. The van der Waals surface area contributed by atoms with E-state index in [0.717, 1.165) is 31.7 Å². The quantitative estimate of drug-likeness (QED) is 0.835. The van der Waals surface area contributed by atoms with Crippen molar-refractivity contribution in [2.24, 2.45) is 0 Å². The molecule has 0 saturated carbocycles. The molecule has 0 saturated heterocycles. The van der Waals surface area contributed by atoms with E-state index in [1.165, 1.54) is 16.0 Å². The van der Waals surface area contributed by atoms with Gasteiger partial charge in [-0.15, -0.1) is 0 Å². The molecule has 116 valence electrons. The van der Waals surface area contributed by atoms with Gasteiger partial charge in [0.25, 0.3) is 0 Å². The Labute approximate surface area is 126 Å². The molecule has 0 fully saturated rings. The predicted octanol–water partition coefficient (Wildman–Crippen LogP) is 2.07. The van der Waals surface area contributed by atoms with E-state index in [1.807, 2.05) is 0 Å². The van der Waals surface area contributed by atoms with Crippen molar-refractivity contribution in [3.8, 4) is 5.75 Å². The summed E-state index contributed by atoms with van der Waals surface area (Å²) in [6, 6.07) is 6.52. The van der Waals surface area contributed by atoms with Crippen molar-refractivity contribution in [3.63, 3.8) is 0 Å². The number of amides is 2. The Morgan fingerprint density at radius 3 is 2.95 bits per heavy atom. The number of hydrogen-bond donors (Lipinski definition) is 2. The van der Waals surface area contributed by atoms with Crippen LogP contribution in [0.2, 0.25) is 0 Å². The van der Waals surface area contributed by atoms with Crippen molar-refractivity contribution in [1.82, 2.24) is 15.5 Å². The van der Waals surface area contributed by atoms with Crippen molar-refractivity contribution < 1.29 is 9.53 Å². The molecule has 2 rings (SSSR count). The maximum absolute atomic E-state index is 11.5. The lowest BCUT2D eigenvalue weighted by Gasteiger charge is -2.20. The lowest BCUT2D eigenvalue weighted by Crippen LogP contribution is -2.39. The molecule has 0 radical (unpaired) electrons. The Balaban J connectivity index is 1.92. The van der Waals surface area contributed by atoms with Crippen LogP contribution in [-0.2, 0) is 0 Å². The second-order valence-corrected chi connectivity index (χ2v) is 5.62. The predicted molar refractivity (Wildman–Crippen MR) is 83.7 cm³/mol. The Morgan fingerprint density at radius 1 is 1.38 bits per heavy atom. The minimum Gasteiger partial charge on any atom is -0.493 e. The second kappa shape index (κ2) is 7.31. The Kier molecular flexibility index (Phi) is 5.44. The van der Waals surface area contributed by atoms with E-state index < -0.39 is 0 Å². The number of fused-ring (bicyclic) bond motifs is 1. The van der Waals surface area contributed by atoms with Gasteiger partial charge in [-0.1, -0.05) is 18.2 Å². The van der Waals surface area contributed by atoms with E-state index in [1.54, 1.807) is 14.1 Å². The standard InChI is InChI=1S/C16H25N3O2/c1-12-6-4-7-13-14(8-5-11-21-15(12)13)17-9-10-18-16(20)19(2)3/h4,6-7,14,17H,5,8-11H2,1-3H3,(H,18,20). The first kappa shape index (κ1) is 15.6. The van der Waals surface area contributed by atoms with E-state index in [4.69, 9.17) is 4.74 Å². The minimum atomic E-state index is -0.0581. The van der Waals surface area contributed by atoms with Crippen molar-refractivity contribution in [2.75, 3.05) is 33.8 Å². The van der Waals surface area contributed by atoms with Gasteiger partial charge in [-0.25, -0.2) is 4.79 Å². The lowest BCUT2D eigenvalue weighted by atomic mass is 10.00. The van der Waals surface area contributed by atoms with Crippen molar-refractivity contribution in [3.05, 3.63) is 29.3 Å². The van der Waals surface area contributed by atoms with E-state index in [-0.39, 0.29) is 6.03 Å². The summed E-state index contributed by atoms with van der Waals surface area (Å²) in [5.41, 5.74) is 2.41. The number of nitrogens with zero attached hydrogens (tertiary/aromatic N) is 1. The number of urea groups is 1. The van der Waals surface area contributed by atoms with Crippen LogP contribution in [0.15, 0.2) is 18.2 Å². The maximum atomic E-state index is 11.5. The largest absolute Gasteiger partial charge is 0.493 e. The molecule has 2 amide bonds. The fourth-order valence-electron chi connectivity index (χ4n) is 2.55. The van der Waals surface area contributed by atoms with E-state index in [2.05, 4.69) is 35.8 Å². The normalized spacial score (nSPS) is 17.4. The van der Waals surface area contributed by atoms with Crippen LogP contribution in [0.5, 0.6) is 5.75 Å². The molecule has 1 aliphatic heterocycles. The minimum absolute atomic E-state index is 0.0581. The van der Waals surface area contributed by atoms with Gasteiger partial charge in [-0.2, -0.15) is 0 Å².